The molecule has 1 amide bonds. The van der Waals surface area contributed by atoms with Crippen LogP contribution in [-0.4, -0.2) is 20.9 Å². The molecule has 2 N–H and O–H groups in total. The topological polar surface area (TPSA) is 75.3 Å². The van der Waals surface area contributed by atoms with Gasteiger partial charge in [-0.25, -0.2) is 17.5 Å². The van der Waals surface area contributed by atoms with Gasteiger partial charge in [0, 0.05) is 12.1 Å². The molecule has 1 unspecified atom stereocenters. The highest BCUT2D eigenvalue weighted by Gasteiger charge is 2.15. The Kier molecular flexibility index (Phi) is 6.06. The molecule has 0 heterocycles. The molecule has 7 heteroatoms. The quantitative estimate of drug-likeness (QED) is 0.744. The molecule has 2 rings (SSSR count). The first-order valence-corrected chi connectivity index (χ1v) is 9.09. The number of rotatable bonds is 7. The molecule has 0 bridgehead atoms. The summed E-state index contributed by atoms with van der Waals surface area (Å²) >= 11 is 0. The van der Waals surface area contributed by atoms with Crippen LogP contribution in [0.15, 0.2) is 66.1 Å². The van der Waals surface area contributed by atoms with Crippen molar-refractivity contribution in [2.75, 3.05) is 6.54 Å². The number of carbonyl (C=O) groups excluding carboxylic acids is 1. The Bertz CT molecular complexity index is 847. The third-order valence-electron chi connectivity index (χ3n) is 3.56. The lowest BCUT2D eigenvalue weighted by Crippen LogP contribution is -2.27. The summed E-state index contributed by atoms with van der Waals surface area (Å²) in [5.41, 5.74) is 1.10. The van der Waals surface area contributed by atoms with Gasteiger partial charge in [-0.15, -0.1) is 6.58 Å². The Hall–Kier alpha value is -2.51. The summed E-state index contributed by atoms with van der Waals surface area (Å²) < 4.78 is 39.2. The Morgan fingerprint density at radius 3 is 2.32 bits per heavy atom. The third kappa shape index (κ3) is 4.98. The van der Waals surface area contributed by atoms with Crippen LogP contribution in [-0.2, 0) is 10.0 Å². The molecule has 25 heavy (non-hydrogen) atoms. The van der Waals surface area contributed by atoms with Crippen LogP contribution in [0.3, 0.4) is 0 Å². The van der Waals surface area contributed by atoms with E-state index >= 15 is 0 Å². The molecule has 0 saturated carbocycles. The van der Waals surface area contributed by atoms with Crippen LogP contribution < -0.4 is 10.0 Å². The van der Waals surface area contributed by atoms with Crippen molar-refractivity contribution in [3.05, 3.63) is 78.1 Å². The molecule has 132 valence electrons. The molecule has 0 aromatic heterocycles. The minimum absolute atomic E-state index is 0.0671. The van der Waals surface area contributed by atoms with Crippen molar-refractivity contribution in [2.45, 2.75) is 17.9 Å². The SMILES string of the molecule is C=CCNS(=O)(=O)c1ccc(C(=O)NC(C)c2ccc(F)cc2)cc1. The Labute approximate surface area is 146 Å². The number of carbonyl (C=O) groups is 1. The van der Waals surface area contributed by atoms with Gasteiger partial charge in [0.25, 0.3) is 5.91 Å². The first-order valence-electron chi connectivity index (χ1n) is 7.60. The normalized spacial score (nSPS) is 12.4. The van der Waals surface area contributed by atoms with E-state index in [9.17, 15) is 17.6 Å². The molecular formula is C18H19FN2O3S. The summed E-state index contributed by atoms with van der Waals surface area (Å²) in [6, 6.07) is 11.1. The van der Waals surface area contributed by atoms with Gasteiger partial charge in [-0.2, -0.15) is 0 Å². The summed E-state index contributed by atoms with van der Waals surface area (Å²) in [7, 11) is -3.62. The van der Waals surface area contributed by atoms with Crippen LogP contribution in [0.1, 0.15) is 28.9 Å². The van der Waals surface area contributed by atoms with Gasteiger partial charge in [0.1, 0.15) is 5.82 Å². The fourth-order valence-corrected chi connectivity index (χ4v) is 3.15. The first-order chi connectivity index (χ1) is 11.8. The highest BCUT2D eigenvalue weighted by molar-refractivity contribution is 7.89. The molecular weight excluding hydrogens is 343 g/mol. The monoisotopic (exact) mass is 362 g/mol. The van der Waals surface area contributed by atoms with Crippen LogP contribution >= 0.6 is 0 Å². The smallest absolute Gasteiger partial charge is 0.251 e. The van der Waals surface area contributed by atoms with Crippen LogP contribution in [0.25, 0.3) is 0 Å². The van der Waals surface area contributed by atoms with Crippen molar-refractivity contribution in [1.82, 2.24) is 10.0 Å². The zero-order valence-electron chi connectivity index (χ0n) is 13.7. The van der Waals surface area contributed by atoms with Crippen molar-refractivity contribution in [3.63, 3.8) is 0 Å². The van der Waals surface area contributed by atoms with E-state index in [2.05, 4.69) is 16.6 Å². The highest BCUT2D eigenvalue weighted by atomic mass is 32.2. The number of amides is 1. The third-order valence-corrected chi connectivity index (χ3v) is 5.00. The van der Waals surface area contributed by atoms with E-state index in [-0.39, 0.29) is 29.2 Å². The number of hydrogen-bond donors (Lipinski definition) is 2. The second-order valence-corrected chi connectivity index (χ2v) is 7.18. The fraction of sp³-hybridized carbons (Fsp3) is 0.167. The van der Waals surface area contributed by atoms with Gasteiger partial charge in [0.2, 0.25) is 10.0 Å². The van der Waals surface area contributed by atoms with Gasteiger partial charge in [0.05, 0.1) is 10.9 Å². The van der Waals surface area contributed by atoms with Gasteiger partial charge in [-0.3, -0.25) is 4.79 Å². The molecule has 0 saturated heterocycles. The maximum absolute atomic E-state index is 12.9. The lowest BCUT2D eigenvalue weighted by Gasteiger charge is -2.14. The first kappa shape index (κ1) is 18.8. The van der Waals surface area contributed by atoms with E-state index in [1.54, 1.807) is 19.1 Å². The summed E-state index contributed by atoms with van der Waals surface area (Å²) in [5, 5.41) is 2.78. The van der Waals surface area contributed by atoms with E-state index in [0.29, 0.717) is 5.56 Å². The molecule has 0 aliphatic rings. The Morgan fingerprint density at radius 2 is 1.76 bits per heavy atom. The standard InChI is InChI=1S/C18H19FN2O3S/c1-3-12-20-25(23,24)17-10-6-15(7-11-17)18(22)21-13(2)14-4-8-16(19)9-5-14/h3-11,13,20H,1,12H2,2H3,(H,21,22). The molecule has 5 nitrogen and oxygen atoms in total. The van der Waals surface area contributed by atoms with Crippen molar-refractivity contribution < 1.29 is 17.6 Å². The summed E-state index contributed by atoms with van der Waals surface area (Å²) in [6.07, 6.45) is 1.44. The average Bonchev–Trinajstić information content (AvgIpc) is 2.60. The predicted molar refractivity (Wildman–Crippen MR) is 94.1 cm³/mol. The zero-order valence-corrected chi connectivity index (χ0v) is 14.5. The Balaban J connectivity index is 2.07. The molecule has 0 aliphatic heterocycles. The number of halogens is 1. The molecule has 1 atom stereocenters. The second-order valence-electron chi connectivity index (χ2n) is 5.41. The second kappa shape index (κ2) is 8.04. The van der Waals surface area contributed by atoms with E-state index in [4.69, 9.17) is 0 Å². The van der Waals surface area contributed by atoms with Gasteiger partial charge in [-0.1, -0.05) is 18.2 Å². The number of hydrogen-bond acceptors (Lipinski definition) is 3. The lowest BCUT2D eigenvalue weighted by molar-refractivity contribution is 0.0940. The van der Waals surface area contributed by atoms with Crippen LogP contribution in [0.2, 0.25) is 0 Å². The van der Waals surface area contributed by atoms with Crippen molar-refractivity contribution in [3.8, 4) is 0 Å². The van der Waals surface area contributed by atoms with Crippen molar-refractivity contribution in [1.29, 1.82) is 0 Å². The van der Waals surface area contributed by atoms with Crippen molar-refractivity contribution in [2.24, 2.45) is 0 Å². The number of sulfonamides is 1. The average molecular weight is 362 g/mol. The highest BCUT2D eigenvalue weighted by Crippen LogP contribution is 2.15. The van der Waals surface area contributed by atoms with Gasteiger partial charge in [0.15, 0.2) is 0 Å². The fourth-order valence-electron chi connectivity index (χ4n) is 2.15. The maximum atomic E-state index is 12.9. The zero-order chi connectivity index (χ0) is 18.4. The summed E-state index contributed by atoms with van der Waals surface area (Å²) in [4.78, 5) is 12.3. The van der Waals surface area contributed by atoms with Crippen LogP contribution in [0, 0.1) is 5.82 Å². The van der Waals surface area contributed by atoms with E-state index in [0.717, 1.165) is 5.56 Å². The molecule has 2 aromatic rings. The minimum Gasteiger partial charge on any atom is -0.346 e. The molecule has 0 radical (unpaired) electrons. The number of benzene rings is 2. The van der Waals surface area contributed by atoms with E-state index < -0.39 is 10.0 Å². The molecule has 2 aromatic carbocycles. The lowest BCUT2D eigenvalue weighted by atomic mass is 10.1. The number of nitrogens with one attached hydrogen (secondary N) is 2. The van der Waals surface area contributed by atoms with Gasteiger partial charge >= 0.3 is 0 Å². The van der Waals surface area contributed by atoms with Gasteiger partial charge < -0.3 is 5.32 Å². The molecule has 0 spiro atoms. The van der Waals surface area contributed by atoms with E-state index in [1.165, 1.54) is 42.5 Å². The molecule has 0 aliphatic carbocycles. The van der Waals surface area contributed by atoms with Crippen LogP contribution in [0.5, 0.6) is 0 Å². The van der Waals surface area contributed by atoms with Gasteiger partial charge in [-0.05, 0) is 48.9 Å². The Morgan fingerprint density at radius 1 is 1.16 bits per heavy atom. The summed E-state index contributed by atoms with van der Waals surface area (Å²) in [5.74, 6) is -0.691. The predicted octanol–water partition coefficient (Wildman–Crippen LogP) is 2.78. The van der Waals surface area contributed by atoms with E-state index in [1.807, 2.05) is 0 Å². The largest absolute Gasteiger partial charge is 0.346 e. The maximum Gasteiger partial charge on any atom is 0.251 e. The molecule has 0 fully saturated rings. The van der Waals surface area contributed by atoms with Crippen molar-refractivity contribution >= 4 is 15.9 Å². The van der Waals surface area contributed by atoms with Crippen LogP contribution in [0.4, 0.5) is 4.39 Å². The summed E-state index contributed by atoms with van der Waals surface area (Å²) in [6.45, 7) is 5.36. The minimum atomic E-state index is -3.62.